The highest BCUT2D eigenvalue weighted by atomic mass is 32.1. The lowest BCUT2D eigenvalue weighted by atomic mass is 10.1. The van der Waals surface area contributed by atoms with Crippen molar-refractivity contribution < 1.29 is 4.79 Å². The van der Waals surface area contributed by atoms with Gasteiger partial charge >= 0.3 is 0 Å². The Kier molecular flexibility index (Phi) is 3.74. The van der Waals surface area contributed by atoms with E-state index in [0.29, 0.717) is 5.56 Å². The highest BCUT2D eigenvalue weighted by Crippen LogP contribution is 2.18. The first-order valence-electron chi connectivity index (χ1n) is 6.42. The van der Waals surface area contributed by atoms with Crippen molar-refractivity contribution in [1.29, 1.82) is 0 Å². The Labute approximate surface area is 125 Å². The number of hydrogen-bond donors (Lipinski definition) is 1. The van der Waals surface area contributed by atoms with Gasteiger partial charge in [0, 0.05) is 10.4 Å². The van der Waals surface area contributed by atoms with Crippen LogP contribution in [-0.4, -0.2) is 26.1 Å². The number of hydrogen-bond acceptors (Lipinski definition) is 5. The van der Waals surface area contributed by atoms with E-state index < -0.39 is 0 Å². The molecule has 3 rings (SSSR count). The maximum Gasteiger partial charge on any atom is 0.251 e. The Bertz CT molecular complexity index is 706. The molecule has 106 valence electrons. The molecule has 6 nitrogen and oxygen atoms in total. The van der Waals surface area contributed by atoms with Gasteiger partial charge in [0.25, 0.3) is 5.91 Å². The van der Waals surface area contributed by atoms with Crippen LogP contribution in [0.1, 0.15) is 28.2 Å². The molecule has 2 aromatic heterocycles. The van der Waals surface area contributed by atoms with Gasteiger partial charge < -0.3 is 5.32 Å². The summed E-state index contributed by atoms with van der Waals surface area (Å²) in [6.07, 6.45) is 1.51. The Morgan fingerprint density at radius 1 is 1.29 bits per heavy atom. The van der Waals surface area contributed by atoms with Gasteiger partial charge in [0.1, 0.15) is 6.33 Å². The molecular weight excluding hydrogens is 286 g/mol. The van der Waals surface area contributed by atoms with Gasteiger partial charge in [-0.2, -0.15) is 0 Å². The van der Waals surface area contributed by atoms with Crippen molar-refractivity contribution in [3.05, 3.63) is 58.5 Å². The molecule has 0 saturated heterocycles. The average molecular weight is 299 g/mol. The number of amides is 1. The lowest BCUT2D eigenvalue weighted by Crippen LogP contribution is -2.26. The number of carbonyl (C=O) groups is 1. The largest absolute Gasteiger partial charge is 0.345 e. The fourth-order valence-electron chi connectivity index (χ4n) is 1.93. The number of thiophene rings is 1. The molecule has 0 unspecified atom stereocenters. The quantitative estimate of drug-likeness (QED) is 0.801. The van der Waals surface area contributed by atoms with Crippen LogP contribution in [0.15, 0.2) is 48.1 Å². The summed E-state index contributed by atoms with van der Waals surface area (Å²) in [5, 5.41) is 15.9. The molecular formula is C14H13N5OS. The summed E-state index contributed by atoms with van der Waals surface area (Å²) in [5.41, 5.74) is 1.41. The van der Waals surface area contributed by atoms with Crippen LogP contribution in [0.4, 0.5) is 0 Å². The van der Waals surface area contributed by atoms with Crippen molar-refractivity contribution in [2.24, 2.45) is 0 Å². The highest BCUT2D eigenvalue weighted by molar-refractivity contribution is 7.10. The van der Waals surface area contributed by atoms with E-state index in [1.807, 2.05) is 24.4 Å². The van der Waals surface area contributed by atoms with Crippen LogP contribution in [0.3, 0.4) is 0 Å². The van der Waals surface area contributed by atoms with E-state index >= 15 is 0 Å². The second-order valence-electron chi connectivity index (χ2n) is 4.51. The summed E-state index contributed by atoms with van der Waals surface area (Å²) < 4.78 is 1.54. The van der Waals surface area contributed by atoms with E-state index in [4.69, 9.17) is 0 Å². The minimum absolute atomic E-state index is 0.00306. The van der Waals surface area contributed by atoms with Crippen LogP contribution in [0.25, 0.3) is 5.69 Å². The van der Waals surface area contributed by atoms with Gasteiger partial charge in [0.15, 0.2) is 0 Å². The van der Waals surface area contributed by atoms with E-state index in [0.717, 1.165) is 10.6 Å². The van der Waals surface area contributed by atoms with Crippen LogP contribution in [-0.2, 0) is 0 Å². The molecule has 1 amide bonds. The smallest absolute Gasteiger partial charge is 0.251 e. The van der Waals surface area contributed by atoms with Crippen molar-refractivity contribution in [2.75, 3.05) is 0 Å². The van der Waals surface area contributed by atoms with Crippen molar-refractivity contribution in [2.45, 2.75) is 13.0 Å². The zero-order valence-electron chi connectivity index (χ0n) is 11.3. The van der Waals surface area contributed by atoms with Crippen molar-refractivity contribution in [1.82, 2.24) is 25.5 Å². The summed E-state index contributed by atoms with van der Waals surface area (Å²) >= 11 is 1.63. The third-order valence-corrected chi connectivity index (χ3v) is 4.12. The number of nitrogens with zero attached hydrogens (tertiary/aromatic N) is 4. The molecule has 0 fully saturated rings. The summed E-state index contributed by atoms with van der Waals surface area (Å²) in [6, 6.07) is 11.1. The second-order valence-corrected chi connectivity index (χ2v) is 5.49. The second kappa shape index (κ2) is 5.84. The third kappa shape index (κ3) is 2.97. The normalized spacial score (nSPS) is 12.0. The summed E-state index contributed by atoms with van der Waals surface area (Å²) in [6.45, 7) is 1.97. The molecule has 0 aliphatic carbocycles. The molecule has 1 atom stereocenters. The number of carbonyl (C=O) groups excluding carboxylic acids is 1. The van der Waals surface area contributed by atoms with Crippen LogP contribution in [0.2, 0.25) is 0 Å². The zero-order chi connectivity index (χ0) is 14.7. The van der Waals surface area contributed by atoms with E-state index in [1.165, 1.54) is 11.0 Å². The third-order valence-electron chi connectivity index (χ3n) is 3.06. The minimum atomic E-state index is -0.0980. The van der Waals surface area contributed by atoms with Crippen molar-refractivity contribution in [3.63, 3.8) is 0 Å². The number of benzene rings is 1. The molecule has 0 bridgehead atoms. The zero-order valence-corrected chi connectivity index (χ0v) is 12.1. The van der Waals surface area contributed by atoms with Crippen molar-refractivity contribution in [3.8, 4) is 5.69 Å². The van der Waals surface area contributed by atoms with Gasteiger partial charge in [-0.25, -0.2) is 4.68 Å². The van der Waals surface area contributed by atoms with Crippen LogP contribution in [0, 0.1) is 0 Å². The maximum absolute atomic E-state index is 12.2. The Morgan fingerprint density at radius 2 is 2.10 bits per heavy atom. The molecule has 0 aliphatic rings. The molecule has 0 spiro atoms. The molecule has 2 heterocycles. The SMILES string of the molecule is C[C@H](NC(=O)c1ccc(-n2cnnn2)cc1)c1cccs1. The Balaban J connectivity index is 1.70. The molecule has 0 aliphatic heterocycles. The van der Waals surface area contributed by atoms with E-state index in [1.54, 1.807) is 35.6 Å². The standard InChI is InChI=1S/C14H13N5OS/c1-10(13-3-2-8-21-13)16-14(20)11-4-6-12(7-5-11)19-9-15-17-18-19/h2-10H,1H3,(H,16,20)/t10-/m0/s1. The van der Waals surface area contributed by atoms with Crippen LogP contribution >= 0.6 is 11.3 Å². The van der Waals surface area contributed by atoms with Crippen LogP contribution < -0.4 is 5.32 Å². The van der Waals surface area contributed by atoms with E-state index in [-0.39, 0.29) is 11.9 Å². The molecule has 1 N–H and O–H groups in total. The summed E-state index contributed by atoms with van der Waals surface area (Å²) in [4.78, 5) is 13.3. The van der Waals surface area contributed by atoms with Gasteiger partial charge in [-0.1, -0.05) is 6.07 Å². The van der Waals surface area contributed by atoms with Gasteiger partial charge in [0.2, 0.25) is 0 Å². The predicted molar refractivity (Wildman–Crippen MR) is 79.4 cm³/mol. The number of aromatic nitrogens is 4. The van der Waals surface area contributed by atoms with E-state index in [9.17, 15) is 4.79 Å². The highest BCUT2D eigenvalue weighted by Gasteiger charge is 2.12. The van der Waals surface area contributed by atoms with Gasteiger partial charge in [-0.15, -0.1) is 16.4 Å². The fourth-order valence-corrected chi connectivity index (χ4v) is 2.67. The Hall–Kier alpha value is -2.54. The van der Waals surface area contributed by atoms with Crippen molar-refractivity contribution >= 4 is 17.2 Å². The summed E-state index contributed by atoms with van der Waals surface area (Å²) in [5.74, 6) is -0.0980. The molecule has 0 saturated carbocycles. The summed E-state index contributed by atoms with van der Waals surface area (Å²) in [7, 11) is 0. The first-order valence-corrected chi connectivity index (χ1v) is 7.30. The number of nitrogens with one attached hydrogen (secondary N) is 1. The van der Waals surface area contributed by atoms with E-state index in [2.05, 4.69) is 20.8 Å². The molecule has 1 aromatic carbocycles. The monoisotopic (exact) mass is 299 g/mol. The lowest BCUT2D eigenvalue weighted by Gasteiger charge is -2.12. The number of rotatable bonds is 4. The fraction of sp³-hybridized carbons (Fsp3) is 0.143. The molecule has 7 heteroatoms. The van der Waals surface area contributed by atoms with Crippen LogP contribution in [0.5, 0.6) is 0 Å². The Morgan fingerprint density at radius 3 is 2.71 bits per heavy atom. The van der Waals surface area contributed by atoms with Gasteiger partial charge in [-0.3, -0.25) is 4.79 Å². The predicted octanol–water partition coefficient (Wildman–Crippen LogP) is 2.21. The average Bonchev–Trinajstić information content (AvgIpc) is 3.20. The molecule has 0 radical (unpaired) electrons. The maximum atomic E-state index is 12.2. The topological polar surface area (TPSA) is 72.7 Å². The first-order chi connectivity index (χ1) is 10.2. The first kappa shape index (κ1) is 13.4. The lowest BCUT2D eigenvalue weighted by molar-refractivity contribution is 0.0940. The minimum Gasteiger partial charge on any atom is -0.345 e. The molecule has 21 heavy (non-hydrogen) atoms. The van der Waals surface area contributed by atoms with Gasteiger partial charge in [0.05, 0.1) is 11.7 Å². The number of tetrazole rings is 1. The van der Waals surface area contributed by atoms with Gasteiger partial charge in [-0.05, 0) is 53.1 Å². The molecule has 3 aromatic rings.